The molecule has 2 aromatic carbocycles. The zero-order valence-corrected chi connectivity index (χ0v) is 19.7. The minimum atomic E-state index is -4.51. The molecule has 13 heteroatoms. The van der Waals surface area contributed by atoms with Crippen LogP contribution in [0.5, 0.6) is 0 Å². The van der Waals surface area contributed by atoms with Crippen LogP contribution in [0.15, 0.2) is 67.3 Å². The van der Waals surface area contributed by atoms with E-state index in [0.717, 1.165) is 0 Å². The first-order valence-corrected chi connectivity index (χ1v) is 11.3. The van der Waals surface area contributed by atoms with Crippen LogP contribution in [-0.4, -0.2) is 42.4 Å². The first kappa shape index (κ1) is 25.0. The fraction of sp³-hybridized carbons (Fsp3) is 0.160. The van der Waals surface area contributed by atoms with Crippen LogP contribution >= 0.6 is 0 Å². The summed E-state index contributed by atoms with van der Waals surface area (Å²) in [7, 11) is 0. The number of nitrogens with one attached hydrogen (secondary N) is 2. The summed E-state index contributed by atoms with van der Waals surface area (Å²) >= 11 is 0. The van der Waals surface area contributed by atoms with Crippen molar-refractivity contribution in [3.05, 3.63) is 84.4 Å². The second-order valence-corrected chi connectivity index (χ2v) is 8.38. The summed E-state index contributed by atoms with van der Waals surface area (Å²) in [6.45, 7) is 0.383. The van der Waals surface area contributed by atoms with Crippen LogP contribution in [-0.2, 0) is 0 Å². The minimum absolute atomic E-state index is 0.0116. The van der Waals surface area contributed by atoms with Crippen LogP contribution in [0, 0.1) is 11.6 Å². The molecule has 38 heavy (non-hydrogen) atoms. The van der Waals surface area contributed by atoms with Crippen LogP contribution in [0.2, 0.25) is 0 Å². The van der Waals surface area contributed by atoms with Gasteiger partial charge in [-0.2, -0.15) is 23.3 Å². The molecule has 0 fully saturated rings. The number of fused-ring (bicyclic) bond motifs is 1. The topological polar surface area (TPSA) is 93.4 Å². The number of pyridine rings is 1. The fourth-order valence-corrected chi connectivity index (χ4v) is 3.76. The summed E-state index contributed by atoms with van der Waals surface area (Å²) in [5, 5.41) is 9.30. The van der Waals surface area contributed by atoms with Gasteiger partial charge in [-0.3, -0.25) is 0 Å². The molecule has 0 amide bonds. The van der Waals surface area contributed by atoms with Gasteiger partial charge in [0, 0.05) is 5.56 Å². The standard InChI is InChI=1S/C25H19F5N8/c1-14(16-8-18(27)10-19(9-16)38-13-31-12-33-38)34-24-36-21-7-6-20(15-2-4-17(26)5-3-15)35-22(21)23(37-24)32-11-25(28,29)30/h2-10,12-14H,11H2,1H3,(H2,32,34,36,37). The summed E-state index contributed by atoms with van der Waals surface area (Å²) < 4.78 is 68.1. The van der Waals surface area contributed by atoms with Crippen molar-refractivity contribution in [3.8, 4) is 16.9 Å². The maximum atomic E-state index is 14.3. The summed E-state index contributed by atoms with van der Waals surface area (Å²) in [5.74, 6) is -1.07. The van der Waals surface area contributed by atoms with E-state index in [-0.39, 0.29) is 22.8 Å². The number of rotatable bonds is 7. The monoisotopic (exact) mass is 526 g/mol. The molecule has 0 spiro atoms. The van der Waals surface area contributed by atoms with E-state index in [9.17, 15) is 22.0 Å². The molecule has 0 bridgehead atoms. The average molecular weight is 526 g/mol. The maximum Gasteiger partial charge on any atom is 0.405 e. The summed E-state index contributed by atoms with van der Waals surface area (Å²) in [6, 6.07) is 12.5. The molecule has 0 saturated carbocycles. The van der Waals surface area contributed by atoms with Gasteiger partial charge in [0.2, 0.25) is 5.95 Å². The van der Waals surface area contributed by atoms with E-state index in [1.165, 1.54) is 53.7 Å². The predicted octanol–water partition coefficient (Wildman–Crippen LogP) is 5.70. The molecule has 0 saturated heterocycles. The molecule has 8 nitrogen and oxygen atoms in total. The summed E-state index contributed by atoms with van der Waals surface area (Å²) in [4.78, 5) is 16.9. The van der Waals surface area contributed by atoms with Crippen molar-refractivity contribution in [2.75, 3.05) is 17.2 Å². The Bertz CT molecular complexity index is 1570. The smallest absolute Gasteiger partial charge is 0.359 e. The van der Waals surface area contributed by atoms with Crippen molar-refractivity contribution in [1.82, 2.24) is 29.7 Å². The Morgan fingerprint density at radius 1 is 0.921 bits per heavy atom. The molecule has 3 aromatic heterocycles. The van der Waals surface area contributed by atoms with Crippen LogP contribution in [0.1, 0.15) is 18.5 Å². The molecule has 5 aromatic rings. The van der Waals surface area contributed by atoms with Gasteiger partial charge in [-0.25, -0.2) is 28.4 Å². The highest BCUT2D eigenvalue weighted by Crippen LogP contribution is 2.28. The second-order valence-electron chi connectivity index (χ2n) is 8.38. The first-order valence-electron chi connectivity index (χ1n) is 11.3. The molecule has 1 unspecified atom stereocenters. The van der Waals surface area contributed by atoms with Gasteiger partial charge < -0.3 is 10.6 Å². The van der Waals surface area contributed by atoms with Crippen LogP contribution in [0.25, 0.3) is 28.0 Å². The second kappa shape index (κ2) is 10.00. The predicted molar refractivity (Wildman–Crippen MR) is 131 cm³/mol. The zero-order valence-electron chi connectivity index (χ0n) is 19.7. The number of alkyl halides is 3. The third-order valence-electron chi connectivity index (χ3n) is 5.57. The van der Waals surface area contributed by atoms with Gasteiger partial charge in [0.05, 0.1) is 22.9 Å². The summed E-state index contributed by atoms with van der Waals surface area (Å²) in [5.41, 5.74) is 2.32. The highest BCUT2D eigenvalue weighted by Gasteiger charge is 2.27. The Morgan fingerprint density at radius 3 is 2.42 bits per heavy atom. The largest absolute Gasteiger partial charge is 0.405 e. The molecular weight excluding hydrogens is 507 g/mol. The quantitative estimate of drug-likeness (QED) is 0.263. The van der Waals surface area contributed by atoms with Gasteiger partial charge in [0.15, 0.2) is 5.82 Å². The Balaban J connectivity index is 1.50. The zero-order chi connectivity index (χ0) is 26.9. The van der Waals surface area contributed by atoms with Crippen LogP contribution in [0.4, 0.5) is 33.7 Å². The Hall–Kier alpha value is -4.68. The van der Waals surface area contributed by atoms with Crippen LogP contribution in [0.3, 0.4) is 0 Å². The molecule has 0 aliphatic heterocycles. The number of nitrogens with zero attached hydrogens (tertiary/aromatic N) is 6. The number of halogens is 5. The Kier molecular flexibility index (Phi) is 6.57. The number of anilines is 2. The molecule has 0 aliphatic rings. The van der Waals surface area contributed by atoms with Gasteiger partial charge in [-0.05, 0) is 67.1 Å². The number of aromatic nitrogens is 6. The summed E-state index contributed by atoms with van der Waals surface area (Å²) in [6.07, 6.45) is -1.76. The number of benzene rings is 2. The highest BCUT2D eigenvalue weighted by atomic mass is 19.4. The maximum absolute atomic E-state index is 14.3. The Morgan fingerprint density at radius 2 is 1.71 bits per heavy atom. The lowest BCUT2D eigenvalue weighted by Crippen LogP contribution is -2.22. The minimum Gasteiger partial charge on any atom is -0.359 e. The van der Waals surface area contributed by atoms with Crippen molar-refractivity contribution >= 4 is 22.8 Å². The van der Waals surface area contributed by atoms with Crippen molar-refractivity contribution in [2.45, 2.75) is 19.1 Å². The highest BCUT2D eigenvalue weighted by molar-refractivity contribution is 5.88. The number of hydrogen-bond acceptors (Lipinski definition) is 7. The van der Waals surface area contributed by atoms with Gasteiger partial charge in [0.1, 0.15) is 36.4 Å². The van der Waals surface area contributed by atoms with Crippen LogP contribution < -0.4 is 10.6 Å². The number of hydrogen-bond donors (Lipinski definition) is 2. The van der Waals surface area contributed by atoms with Gasteiger partial charge >= 0.3 is 6.18 Å². The third kappa shape index (κ3) is 5.66. The third-order valence-corrected chi connectivity index (χ3v) is 5.57. The molecule has 194 valence electrons. The SMILES string of the molecule is CC(Nc1nc(NCC(F)(F)F)c2nc(-c3ccc(F)cc3)ccc2n1)c1cc(F)cc(-n2cncn2)c1. The lowest BCUT2D eigenvalue weighted by molar-refractivity contribution is -0.115. The van der Waals surface area contributed by atoms with E-state index < -0.39 is 30.4 Å². The molecule has 0 aliphatic carbocycles. The van der Waals surface area contributed by atoms with E-state index >= 15 is 0 Å². The van der Waals surface area contributed by atoms with E-state index in [1.807, 2.05) is 0 Å². The lowest BCUT2D eigenvalue weighted by atomic mass is 10.1. The van der Waals surface area contributed by atoms with Crippen molar-refractivity contribution < 1.29 is 22.0 Å². The van der Waals surface area contributed by atoms with Crippen molar-refractivity contribution in [1.29, 1.82) is 0 Å². The van der Waals surface area contributed by atoms with Gasteiger partial charge in [-0.1, -0.05) is 0 Å². The first-order chi connectivity index (χ1) is 18.1. The van der Waals surface area contributed by atoms with Gasteiger partial charge in [-0.15, -0.1) is 0 Å². The van der Waals surface area contributed by atoms with E-state index in [1.54, 1.807) is 25.1 Å². The fourth-order valence-electron chi connectivity index (χ4n) is 3.76. The average Bonchev–Trinajstić information content (AvgIpc) is 3.42. The molecule has 3 heterocycles. The Labute approximate surface area is 212 Å². The molecule has 2 N–H and O–H groups in total. The van der Waals surface area contributed by atoms with Crippen molar-refractivity contribution in [3.63, 3.8) is 0 Å². The van der Waals surface area contributed by atoms with E-state index in [0.29, 0.717) is 22.5 Å². The molecular formula is C25H19F5N8. The van der Waals surface area contributed by atoms with Crippen molar-refractivity contribution in [2.24, 2.45) is 0 Å². The van der Waals surface area contributed by atoms with E-state index in [4.69, 9.17) is 0 Å². The molecule has 0 radical (unpaired) electrons. The lowest BCUT2D eigenvalue weighted by Gasteiger charge is -2.18. The normalized spacial score (nSPS) is 12.5. The van der Waals surface area contributed by atoms with Gasteiger partial charge in [0.25, 0.3) is 0 Å². The molecule has 1 atom stereocenters. The molecule has 5 rings (SSSR count). The van der Waals surface area contributed by atoms with E-state index in [2.05, 4.69) is 35.7 Å².